The molecule has 7 nitrogen and oxygen atoms in total. The number of benzene rings is 1. The van der Waals surface area contributed by atoms with Crippen LogP contribution < -0.4 is 0 Å². The molecule has 1 saturated heterocycles. The number of aromatic nitrogens is 2. The molecule has 0 bridgehead atoms. The van der Waals surface area contributed by atoms with E-state index in [2.05, 4.69) is 5.10 Å². The smallest absolute Gasteiger partial charge is 0.330 e. The van der Waals surface area contributed by atoms with Crippen molar-refractivity contribution in [3.8, 4) is 0 Å². The van der Waals surface area contributed by atoms with E-state index in [0.29, 0.717) is 29.7 Å². The van der Waals surface area contributed by atoms with Crippen molar-refractivity contribution in [3.63, 3.8) is 0 Å². The lowest BCUT2D eigenvalue weighted by Crippen LogP contribution is -2.12. The molecule has 1 fully saturated rings. The Morgan fingerprint density at radius 2 is 2.03 bits per heavy atom. The Morgan fingerprint density at radius 1 is 1.32 bits per heavy atom. The predicted octanol–water partition coefficient (Wildman–Crippen LogP) is 3.56. The van der Waals surface area contributed by atoms with E-state index in [1.54, 1.807) is 6.92 Å². The SMILES string of the molecule is Cc1nn(C2CCS(=O)(=O)C2)c(Cl)c1/C=C/C(=O)OCCCC(=O)c1ccc(F)cc1. The van der Waals surface area contributed by atoms with E-state index in [-0.39, 0.29) is 41.5 Å². The molecule has 0 amide bonds. The standard InChI is InChI=1S/C21H22ClFN2O5S/c1-14-18(21(22)25(24-14)17-10-12-31(28,29)13-17)8-9-20(27)30-11-2-3-19(26)15-4-6-16(23)7-5-15/h4-9,17H,2-3,10-13H2,1H3/b9-8+. The molecule has 10 heteroatoms. The van der Waals surface area contributed by atoms with Gasteiger partial charge in [-0.15, -0.1) is 0 Å². The minimum atomic E-state index is -3.08. The molecule has 2 aromatic rings. The molecule has 1 atom stereocenters. The molecule has 31 heavy (non-hydrogen) atoms. The lowest BCUT2D eigenvalue weighted by Gasteiger charge is -2.09. The van der Waals surface area contributed by atoms with Crippen molar-refractivity contribution in [2.24, 2.45) is 0 Å². The highest BCUT2D eigenvalue weighted by Crippen LogP contribution is 2.30. The summed E-state index contributed by atoms with van der Waals surface area (Å²) < 4.78 is 42.9. The number of aryl methyl sites for hydroxylation is 1. The van der Waals surface area contributed by atoms with Crippen LogP contribution in [-0.2, 0) is 19.4 Å². The molecule has 1 aliphatic rings. The topological polar surface area (TPSA) is 95.3 Å². The predicted molar refractivity (Wildman–Crippen MR) is 114 cm³/mol. The maximum Gasteiger partial charge on any atom is 0.330 e. The summed E-state index contributed by atoms with van der Waals surface area (Å²) >= 11 is 6.36. The maximum atomic E-state index is 12.9. The summed E-state index contributed by atoms with van der Waals surface area (Å²) in [5.41, 5.74) is 1.50. The normalized spacial score (nSPS) is 17.8. The average molecular weight is 469 g/mol. The van der Waals surface area contributed by atoms with Crippen LogP contribution in [0.2, 0.25) is 5.15 Å². The molecule has 0 spiro atoms. The van der Waals surface area contributed by atoms with E-state index in [4.69, 9.17) is 16.3 Å². The fraction of sp³-hybridized carbons (Fsp3) is 0.381. The van der Waals surface area contributed by atoms with E-state index >= 15 is 0 Å². The number of hydrogen-bond acceptors (Lipinski definition) is 6. The van der Waals surface area contributed by atoms with Gasteiger partial charge < -0.3 is 4.74 Å². The summed E-state index contributed by atoms with van der Waals surface area (Å²) in [7, 11) is -3.08. The minimum absolute atomic E-state index is 0.00429. The molecule has 0 radical (unpaired) electrons. The molecule has 0 N–H and O–H groups in total. The van der Waals surface area contributed by atoms with Crippen molar-refractivity contribution in [2.45, 2.75) is 32.2 Å². The summed E-state index contributed by atoms with van der Waals surface area (Å²) in [5, 5.41) is 4.59. The Kier molecular flexibility index (Phi) is 7.27. The van der Waals surface area contributed by atoms with E-state index in [1.807, 2.05) is 0 Å². The van der Waals surface area contributed by atoms with Gasteiger partial charge in [0.15, 0.2) is 15.6 Å². The maximum absolute atomic E-state index is 12.9. The number of carbonyl (C=O) groups is 2. The monoisotopic (exact) mass is 468 g/mol. The number of hydrogen-bond donors (Lipinski definition) is 0. The van der Waals surface area contributed by atoms with Gasteiger partial charge in [0.1, 0.15) is 11.0 Å². The van der Waals surface area contributed by atoms with Gasteiger partial charge in [-0.1, -0.05) is 11.6 Å². The number of nitrogens with zero attached hydrogens (tertiary/aromatic N) is 2. The summed E-state index contributed by atoms with van der Waals surface area (Å²) in [6.07, 6.45) is 3.66. The van der Waals surface area contributed by atoms with Crippen molar-refractivity contribution in [1.82, 2.24) is 9.78 Å². The fourth-order valence-corrected chi connectivity index (χ4v) is 5.38. The van der Waals surface area contributed by atoms with Gasteiger partial charge in [-0.25, -0.2) is 22.3 Å². The molecule has 3 rings (SSSR count). The van der Waals surface area contributed by atoms with Gasteiger partial charge in [-0.2, -0.15) is 5.10 Å². The largest absolute Gasteiger partial charge is 0.463 e. The molecular weight excluding hydrogens is 447 g/mol. The second-order valence-electron chi connectivity index (χ2n) is 7.33. The van der Waals surface area contributed by atoms with Crippen molar-refractivity contribution in [1.29, 1.82) is 0 Å². The molecule has 166 valence electrons. The summed E-state index contributed by atoms with van der Waals surface area (Å²) in [5.74, 6) is -1.06. The van der Waals surface area contributed by atoms with E-state index in [0.717, 1.165) is 0 Å². The number of sulfone groups is 1. The van der Waals surface area contributed by atoms with Gasteiger partial charge in [0.2, 0.25) is 0 Å². The summed E-state index contributed by atoms with van der Waals surface area (Å²) in [4.78, 5) is 24.0. The van der Waals surface area contributed by atoms with Gasteiger partial charge in [-0.3, -0.25) is 4.79 Å². The van der Waals surface area contributed by atoms with Crippen LogP contribution >= 0.6 is 11.6 Å². The first kappa shape index (κ1) is 23.1. The number of esters is 1. The Labute approximate surface area is 184 Å². The highest BCUT2D eigenvalue weighted by Gasteiger charge is 2.31. The van der Waals surface area contributed by atoms with Crippen LogP contribution in [-0.4, -0.2) is 48.1 Å². The Hall–Kier alpha value is -2.52. The van der Waals surface area contributed by atoms with Gasteiger partial charge in [-0.05, 0) is 50.1 Å². The molecule has 2 heterocycles. The van der Waals surface area contributed by atoms with E-state index in [1.165, 1.54) is 41.1 Å². The highest BCUT2D eigenvalue weighted by atomic mass is 35.5. The zero-order valence-electron chi connectivity index (χ0n) is 16.9. The third-order valence-corrected chi connectivity index (χ3v) is 7.10. The Bertz CT molecular complexity index is 1110. The zero-order chi connectivity index (χ0) is 22.6. The summed E-state index contributed by atoms with van der Waals surface area (Å²) in [6.45, 7) is 1.78. The van der Waals surface area contributed by atoms with Crippen LogP contribution in [0.4, 0.5) is 4.39 Å². The third kappa shape index (κ3) is 6.01. The van der Waals surface area contributed by atoms with Crippen molar-refractivity contribution >= 4 is 39.3 Å². The lowest BCUT2D eigenvalue weighted by atomic mass is 10.1. The molecule has 1 aliphatic heterocycles. The van der Waals surface area contributed by atoms with Crippen LogP contribution in [0, 0.1) is 12.7 Å². The second-order valence-corrected chi connectivity index (χ2v) is 9.91. The third-order valence-electron chi connectivity index (χ3n) is 4.97. The van der Waals surface area contributed by atoms with Crippen LogP contribution in [0.1, 0.15) is 46.9 Å². The minimum Gasteiger partial charge on any atom is -0.463 e. The molecule has 0 saturated carbocycles. The quantitative estimate of drug-likeness (QED) is 0.254. The Balaban J connectivity index is 1.50. The van der Waals surface area contributed by atoms with Gasteiger partial charge >= 0.3 is 5.97 Å². The number of ketones is 1. The molecule has 1 aromatic heterocycles. The van der Waals surface area contributed by atoms with E-state index < -0.39 is 21.6 Å². The van der Waals surface area contributed by atoms with Gasteiger partial charge in [0.25, 0.3) is 0 Å². The first-order chi connectivity index (χ1) is 14.7. The summed E-state index contributed by atoms with van der Waals surface area (Å²) in [6, 6.07) is 4.96. The number of ether oxygens (including phenoxy) is 1. The van der Waals surface area contributed by atoms with Crippen LogP contribution in [0.3, 0.4) is 0 Å². The molecule has 1 aromatic carbocycles. The first-order valence-corrected chi connectivity index (χ1v) is 11.9. The Morgan fingerprint density at radius 3 is 2.68 bits per heavy atom. The van der Waals surface area contributed by atoms with Crippen LogP contribution in [0.25, 0.3) is 6.08 Å². The number of halogens is 2. The number of carbonyl (C=O) groups excluding carboxylic acids is 2. The van der Waals surface area contributed by atoms with Crippen LogP contribution in [0.15, 0.2) is 30.3 Å². The zero-order valence-corrected chi connectivity index (χ0v) is 18.5. The second kappa shape index (κ2) is 9.74. The van der Waals surface area contributed by atoms with E-state index in [9.17, 15) is 22.4 Å². The van der Waals surface area contributed by atoms with Gasteiger partial charge in [0, 0.05) is 23.6 Å². The number of Topliss-reactive ketones (excluding diaryl/α,β-unsaturated/α-hetero) is 1. The molecule has 1 unspecified atom stereocenters. The van der Waals surface area contributed by atoms with Gasteiger partial charge in [0.05, 0.1) is 29.8 Å². The molecule has 0 aliphatic carbocycles. The van der Waals surface area contributed by atoms with Crippen molar-refractivity contribution in [3.05, 3.63) is 58.1 Å². The molecular formula is C21H22ClFN2O5S. The van der Waals surface area contributed by atoms with Crippen molar-refractivity contribution < 1.29 is 27.1 Å². The lowest BCUT2D eigenvalue weighted by molar-refractivity contribution is -0.137. The fourth-order valence-electron chi connectivity index (χ4n) is 3.32. The first-order valence-electron chi connectivity index (χ1n) is 9.75. The average Bonchev–Trinajstić information content (AvgIpc) is 3.22. The number of rotatable bonds is 8. The highest BCUT2D eigenvalue weighted by molar-refractivity contribution is 7.91. The van der Waals surface area contributed by atoms with Crippen molar-refractivity contribution in [2.75, 3.05) is 18.1 Å². The van der Waals surface area contributed by atoms with Crippen LogP contribution in [0.5, 0.6) is 0 Å².